The van der Waals surface area contributed by atoms with Crippen LogP contribution in [0.2, 0.25) is 0 Å². The lowest BCUT2D eigenvalue weighted by Crippen LogP contribution is -2.39. The quantitative estimate of drug-likeness (QED) is 0.787. The molecule has 0 heterocycles. The fraction of sp³-hybridized carbons (Fsp3) is 0.529. The van der Waals surface area contributed by atoms with Gasteiger partial charge in [0.2, 0.25) is 0 Å². The van der Waals surface area contributed by atoms with Crippen molar-refractivity contribution in [2.24, 2.45) is 0 Å². The maximum Gasteiger partial charge on any atom is 0.119 e. The average Bonchev–Trinajstić information content (AvgIpc) is 2.88. The first-order valence-electron chi connectivity index (χ1n) is 7.28. The van der Waals surface area contributed by atoms with E-state index in [1.807, 2.05) is 6.92 Å². The predicted octanol–water partition coefficient (Wildman–Crippen LogP) is 3.67. The molecule has 1 aliphatic carbocycles. The smallest absolute Gasteiger partial charge is 0.119 e. The lowest BCUT2D eigenvalue weighted by molar-refractivity contribution is 0.339. The minimum absolute atomic E-state index is 0.231. The molecule has 0 saturated heterocycles. The molecule has 1 aromatic carbocycles. The van der Waals surface area contributed by atoms with Gasteiger partial charge in [0.25, 0.3) is 0 Å². The highest BCUT2D eigenvalue weighted by molar-refractivity contribution is 5.35. The molecule has 0 aromatic heterocycles. The van der Waals surface area contributed by atoms with E-state index in [1.54, 1.807) is 0 Å². The lowest BCUT2D eigenvalue weighted by atomic mass is 9.78. The zero-order valence-electron chi connectivity index (χ0n) is 12.3. The Labute approximate surface area is 116 Å². The molecule has 0 saturated carbocycles. The van der Waals surface area contributed by atoms with E-state index >= 15 is 0 Å². The zero-order valence-corrected chi connectivity index (χ0v) is 12.3. The number of hydrogen-bond acceptors (Lipinski definition) is 2. The molecule has 2 heteroatoms. The van der Waals surface area contributed by atoms with Crippen molar-refractivity contribution >= 4 is 0 Å². The summed E-state index contributed by atoms with van der Waals surface area (Å²) in [6.07, 6.45) is 6.86. The van der Waals surface area contributed by atoms with Crippen molar-refractivity contribution in [2.75, 3.05) is 13.2 Å². The fourth-order valence-electron chi connectivity index (χ4n) is 2.65. The van der Waals surface area contributed by atoms with Gasteiger partial charge in [-0.15, -0.1) is 0 Å². The number of allylic oxidation sites excluding steroid dienone is 2. The molecule has 1 N–H and O–H groups in total. The van der Waals surface area contributed by atoms with E-state index in [1.165, 1.54) is 5.56 Å². The molecule has 0 aliphatic heterocycles. The molecule has 0 amide bonds. The van der Waals surface area contributed by atoms with Crippen LogP contribution in [0.5, 0.6) is 5.75 Å². The summed E-state index contributed by atoms with van der Waals surface area (Å²) in [6, 6.07) is 9.16. The van der Waals surface area contributed by atoms with Crippen LogP contribution < -0.4 is 10.1 Å². The number of benzene rings is 1. The van der Waals surface area contributed by atoms with Gasteiger partial charge in [0.15, 0.2) is 0 Å². The average molecular weight is 259 g/mol. The fourth-order valence-corrected chi connectivity index (χ4v) is 2.65. The Morgan fingerprint density at radius 1 is 1.16 bits per heavy atom. The summed E-state index contributed by atoms with van der Waals surface area (Å²) in [5, 5.41) is 3.60. The first-order chi connectivity index (χ1) is 9.16. The van der Waals surface area contributed by atoms with Crippen molar-refractivity contribution in [1.82, 2.24) is 5.32 Å². The molecule has 2 rings (SSSR count). The molecule has 1 aliphatic rings. The van der Waals surface area contributed by atoms with Crippen molar-refractivity contribution in [1.29, 1.82) is 0 Å². The largest absolute Gasteiger partial charge is 0.494 e. The predicted molar refractivity (Wildman–Crippen MR) is 80.8 cm³/mol. The first-order valence-corrected chi connectivity index (χ1v) is 7.28. The molecule has 19 heavy (non-hydrogen) atoms. The van der Waals surface area contributed by atoms with Crippen molar-refractivity contribution in [3.8, 4) is 5.75 Å². The maximum absolute atomic E-state index is 5.52. The van der Waals surface area contributed by atoms with Crippen LogP contribution in [0.15, 0.2) is 36.4 Å². The summed E-state index contributed by atoms with van der Waals surface area (Å²) in [4.78, 5) is 0. The third kappa shape index (κ3) is 3.38. The normalized spacial score (nSPS) is 17.1. The summed E-state index contributed by atoms with van der Waals surface area (Å²) in [5.74, 6) is 0.962. The summed E-state index contributed by atoms with van der Waals surface area (Å²) >= 11 is 0. The molecule has 0 unspecified atom stereocenters. The van der Waals surface area contributed by atoms with E-state index in [0.717, 1.165) is 31.7 Å². The molecule has 0 spiro atoms. The molecule has 0 radical (unpaired) electrons. The standard InChI is InChI=1S/C17H25NO/c1-4-19-16-9-7-15(8-10-16)17(11-5-6-12-17)13-18-14(2)3/h5-10,14,18H,4,11-13H2,1-3H3. The van der Waals surface area contributed by atoms with Gasteiger partial charge in [-0.05, 0) is 37.5 Å². The van der Waals surface area contributed by atoms with Crippen LogP contribution in [0.1, 0.15) is 39.2 Å². The Kier molecular flexibility index (Phi) is 4.65. The van der Waals surface area contributed by atoms with Crippen LogP contribution >= 0.6 is 0 Å². The second-order valence-electron chi connectivity index (χ2n) is 5.65. The van der Waals surface area contributed by atoms with Gasteiger partial charge in [-0.3, -0.25) is 0 Å². The molecule has 104 valence electrons. The highest BCUT2D eigenvalue weighted by Gasteiger charge is 2.32. The van der Waals surface area contributed by atoms with E-state index in [9.17, 15) is 0 Å². The molecule has 2 nitrogen and oxygen atoms in total. The Morgan fingerprint density at radius 2 is 1.79 bits per heavy atom. The second-order valence-corrected chi connectivity index (χ2v) is 5.65. The van der Waals surface area contributed by atoms with Crippen molar-refractivity contribution in [3.63, 3.8) is 0 Å². The van der Waals surface area contributed by atoms with Crippen molar-refractivity contribution in [3.05, 3.63) is 42.0 Å². The highest BCUT2D eigenvalue weighted by atomic mass is 16.5. The second kappa shape index (κ2) is 6.25. The van der Waals surface area contributed by atoms with Gasteiger partial charge in [0, 0.05) is 18.0 Å². The summed E-state index contributed by atoms with van der Waals surface area (Å²) in [5.41, 5.74) is 1.64. The Hall–Kier alpha value is -1.28. The van der Waals surface area contributed by atoms with E-state index in [0.29, 0.717) is 6.04 Å². The molecule has 0 atom stereocenters. The van der Waals surface area contributed by atoms with Crippen molar-refractivity contribution < 1.29 is 4.74 Å². The molecular weight excluding hydrogens is 234 g/mol. The Bertz CT molecular complexity index is 411. The van der Waals surface area contributed by atoms with Crippen LogP contribution in [-0.2, 0) is 5.41 Å². The minimum Gasteiger partial charge on any atom is -0.494 e. The topological polar surface area (TPSA) is 21.3 Å². The van der Waals surface area contributed by atoms with Gasteiger partial charge in [-0.1, -0.05) is 38.1 Å². The van der Waals surface area contributed by atoms with E-state index in [2.05, 4.69) is 55.6 Å². The van der Waals surface area contributed by atoms with Gasteiger partial charge in [-0.25, -0.2) is 0 Å². The third-order valence-electron chi connectivity index (χ3n) is 3.81. The van der Waals surface area contributed by atoms with Crippen LogP contribution in [0, 0.1) is 0 Å². The molecule has 1 aromatic rings. The lowest BCUT2D eigenvalue weighted by Gasteiger charge is -2.31. The number of rotatable bonds is 6. The first kappa shape index (κ1) is 14.1. The number of ether oxygens (including phenoxy) is 1. The van der Waals surface area contributed by atoms with Gasteiger partial charge >= 0.3 is 0 Å². The third-order valence-corrected chi connectivity index (χ3v) is 3.81. The molecule has 0 bridgehead atoms. The van der Waals surface area contributed by atoms with E-state index in [4.69, 9.17) is 4.74 Å². The van der Waals surface area contributed by atoms with Crippen LogP contribution in [0.25, 0.3) is 0 Å². The Morgan fingerprint density at radius 3 is 2.32 bits per heavy atom. The van der Waals surface area contributed by atoms with Gasteiger partial charge in [0.1, 0.15) is 5.75 Å². The van der Waals surface area contributed by atoms with Crippen molar-refractivity contribution in [2.45, 2.75) is 45.1 Å². The van der Waals surface area contributed by atoms with Crippen LogP contribution in [0.4, 0.5) is 0 Å². The zero-order chi connectivity index (χ0) is 13.7. The van der Waals surface area contributed by atoms with E-state index < -0.39 is 0 Å². The monoisotopic (exact) mass is 259 g/mol. The Balaban J connectivity index is 2.14. The van der Waals surface area contributed by atoms with Gasteiger partial charge < -0.3 is 10.1 Å². The van der Waals surface area contributed by atoms with Gasteiger partial charge in [0.05, 0.1) is 6.61 Å². The molecular formula is C17H25NO. The number of nitrogens with one attached hydrogen (secondary N) is 1. The number of hydrogen-bond donors (Lipinski definition) is 1. The minimum atomic E-state index is 0.231. The summed E-state index contributed by atoms with van der Waals surface area (Å²) in [6.45, 7) is 8.18. The summed E-state index contributed by atoms with van der Waals surface area (Å²) < 4.78 is 5.52. The van der Waals surface area contributed by atoms with E-state index in [-0.39, 0.29) is 5.41 Å². The molecule has 0 fully saturated rings. The summed E-state index contributed by atoms with van der Waals surface area (Å²) in [7, 11) is 0. The SMILES string of the molecule is CCOc1ccc(C2(CNC(C)C)CC=CC2)cc1. The highest BCUT2D eigenvalue weighted by Crippen LogP contribution is 2.37. The van der Waals surface area contributed by atoms with Gasteiger partial charge in [-0.2, -0.15) is 0 Å². The van der Waals surface area contributed by atoms with Crippen LogP contribution in [-0.4, -0.2) is 19.2 Å². The van der Waals surface area contributed by atoms with Crippen LogP contribution in [0.3, 0.4) is 0 Å². The maximum atomic E-state index is 5.52.